The lowest BCUT2D eigenvalue weighted by molar-refractivity contribution is 0.0142. The Morgan fingerprint density at radius 1 is 1.55 bits per heavy atom. The summed E-state index contributed by atoms with van der Waals surface area (Å²) in [7, 11) is 0. The van der Waals surface area contributed by atoms with Gasteiger partial charge in [0, 0.05) is 0 Å². The molecule has 0 aromatic rings. The van der Waals surface area contributed by atoms with Crippen molar-refractivity contribution >= 4 is 0 Å². The monoisotopic (exact) mass is 154 g/mol. The maximum atomic E-state index is 9.93. The van der Waals surface area contributed by atoms with E-state index in [9.17, 15) is 5.11 Å². The third-order valence-corrected chi connectivity index (χ3v) is 2.73. The van der Waals surface area contributed by atoms with Crippen molar-refractivity contribution in [2.45, 2.75) is 45.1 Å². The number of rotatable bonds is 2. The second kappa shape index (κ2) is 3.40. The van der Waals surface area contributed by atoms with Crippen molar-refractivity contribution in [1.82, 2.24) is 0 Å². The molecule has 2 unspecified atom stereocenters. The molecule has 64 valence electrons. The van der Waals surface area contributed by atoms with Crippen LogP contribution in [0.1, 0.15) is 39.5 Å². The summed E-state index contributed by atoms with van der Waals surface area (Å²) >= 11 is 0. The summed E-state index contributed by atoms with van der Waals surface area (Å²) in [6.45, 7) is 4.24. The average Bonchev–Trinajstić information content (AvgIpc) is 2.05. The van der Waals surface area contributed by atoms with Crippen LogP contribution in [0.25, 0.3) is 0 Å². The van der Waals surface area contributed by atoms with Crippen LogP contribution in [0, 0.1) is 5.92 Å². The third kappa shape index (κ3) is 2.06. The van der Waals surface area contributed by atoms with Gasteiger partial charge in [0.1, 0.15) is 0 Å². The smallest absolute Gasteiger partial charge is 0.0685 e. The van der Waals surface area contributed by atoms with Crippen LogP contribution in [0.3, 0.4) is 0 Å². The van der Waals surface area contributed by atoms with Gasteiger partial charge in [-0.25, -0.2) is 0 Å². The molecule has 0 aliphatic heterocycles. The summed E-state index contributed by atoms with van der Waals surface area (Å²) in [5.74, 6) is 0.605. The summed E-state index contributed by atoms with van der Waals surface area (Å²) in [6.07, 6.45) is 8.20. The third-order valence-electron chi connectivity index (χ3n) is 2.73. The zero-order valence-corrected chi connectivity index (χ0v) is 7.51. The Morgan fingerprint density at radius 2 is 2.27 bits per heavy atom. The van der Waals surface area contributed by atoms with Crippen LogP contribution in [0.4, 0.5) is 0 Å². The van der Waals surface area contributed by atoms with Crippen molar-refractivity contribution in [3.63, 3.8) is 0 Å². The normalized spacial score (nSPS) is 37.5. The Hall–Kier alpha value is -0.300. The van der Waals surface area contributed by atoms with Gasteiger partial charge in [-0.3, -0.25) is 0 Å². The first kappa shape index (κ1) is 8.79. The molecule has 1 rings (SSSR count). The molecule has 0 amide bonds. The minimum Gasteiger partial charge on any atom is -0.390 e. The van der Waals surface area contributed by atoms with E-state index in [0.29, 0.717) is 5.92 Å². The lowest BCUT2D eigenvalue weighted by Crippen LogP contribution is -2.31. The quantitative estimate of drug-likeness (QED) is 0.606. The van der Waals surface area contributed by atoms with Gasteiger partial charge < -0.3 is 5.11 Å². The fourth-order valence-electron chi connectivity index (χ4n) is 1.69. The molecule has 1 N–H and O–H groups in total. The van der Waals surface area contributed by atoms with Gasteiger partial charge in [0.25, 0.3) is 0 Å². The van der Waals surface area contributed by atoms with Crippen LogP contribution in [-0.4, -0.2) is 10.7 Å². The molecule has 0 aromatic carbocycles. The summed E-state index contributed by atoms with van der Waals surface area (Å²) in [5, 5.41) is 9.93. The van der Waals surface area contributed by atoms with E-state index in [2.05, 4.69) is 26.0 Å². The van der Waals surface area contributed by atoms with Gasteiger partial charge in [-0.05, 0) is 31.6 Å². The lowest BCUT2D eigenvalue weighted by Gasteiger charge is -2.32. The Balaban J connectivity index is 2.57. The minimum absolute atomic E-state index is 0.393. The number of hydrogen-bond donors (Lipinski definition) is 1. The van der Waals surface area contributed by atoms with Crippen LogP contribution >= 0.6 is 0 Å². The molecule has 0 radical (unpaired) electrons. The maximum absolute atomic E-state index is 9.93. The highest BCUT2D eigenvalue weighted by Crippen LogP contribution is 2.31. The minimum atomic E-state index is -0.393. The predicted octanol–water partition coefficient (Wildman–Crippen LogP) is 2.50. The van der Waals surface area contributed by atoms with E-state index in [1.54, 1.807) is 0 Å². The summed E-state index contributed by atoms with van der Waals surface area (Å²) in [4.78, 5) is 0. The fourth-order valence-corrected chi connectivity index (χ4v) is 1.69. The van der Waals surface area contributed by atoms with Crippen LogP contribution in [0.15, 0.2) is 12.2 Å². The van der Waals surface area contributed by atoms with E-state index in [-0.39, 0.29) is 0 Å². The van der Waals surface area contributed by atoms with Gasteiger partial charge >= 0.3 is 0 Å². The zero-order chi connectivity index (χ0) is 8.32. The molecule has 1 aliphatic carbocycles. The summed E-state index contributed by atoms with van der Waals surface area (Å²) in [6, 6.07) is 0. The fraction of sp³-hybridized carbons (Fsp3) is 0.800. The zero-order valence-electron chi connectivity index (χ0n) is 7.51. The molecular formula is C10H18O. The summed E-state index contributed by atoms with van der Waals surface area (Å²) < 4.78 is 0. The molecule has 0 spiro atoms. The number of hydrogen-bond acceptors (Lipinski definition) is 1. The van der Waals surface area contributed by atoms with Gasteiger partial charge in [0.05, 0.1) is 5.60 Å². The molecule has 0 saturated heterocycles. The predicted molar refractivity (Wildman–Crippen MR) is 47.4 cm³/mol. The van der Waals surface area contributed by atoms with Crippen molar-refractivity contribution in [2.75, 3.05) is 0 Å². The van der Waals surface area contributed by atoms with Crippen LogP contribution in [0.2, 0.25) is 0 Å². The van der Waals surface area contributed by atoms with Crippen LogP contribution in [0.5, 0.6) is 0 Å². The molecule has 0 bridgehead atoms. The highest BCUT2D eigenvalue weighted by atomic mass is 16.3. The highest BCUT2D eigenvalue weighted by Gasteiger charge is 2.28. The second-order valence-corrected chi connectivity index (χ2v) is 3.58. The van der Waals surface area contributed by atoms with E-state index >= 15 is 0 Å². The van der Waals surface area contributed by atoms with Crippen molar-refractivity contribution in [3.05, 3.63) is 12.2 Å². The van der Waals surface area contributed by atoms with Gasteiger partial charge in [-0.1, -0.05) is 26.0 Å². The Morgan fingerprint density at radius 3 is 2.82 bits per heavy atom. The van der Waals surface area contributed by atoms with Gasteiger partial charge in [0.2, 0.25) is 0 Å². The van der Waals surface area contributed by atoms with E-state index in [1.807, 2.05) is 0 Å². The molecule has 1 heteroatoms. The Kier molecular flexibility index (Phi) is 2.72. The first-order valence-electron chi connectivity index (χ1n) is 4.59. The number of aliphatic hydroxyl groups is 1. The first-order valence-corrected chi connectivity index (χ1v) is 4.59. The molecule has 0 fully saturated rings. The molecule has 1 aliphatic rings. The van der Waals surface area contributed by atoms with Crippen molar-refractivity contribution < 1.29 is 5.11 Å². The van der Waals surface area contributed by atoms with E-state index in [1.165, 1.54) is 0 Å². The van der Waals surface area contributed by atoms with Crippen molar-refractivity contribution in [2.24, 2.45) is 5.92 Å². The van der Waals surface area contributed by atoms with Gasteiger partial charge in [0.15, 0.2) is 0 Å². The maximum Gasteiger partial charge on any atom is 0.0685 e. The van der Waals surface area contributed by atoms with Gasteiger partial charge in [-0.15, -0.1) is 0 Å². The van der Waals surface area contributed by atoms with Crippen molar-refractivity contribution in [1.29, 1.82) is 0 Å². The molecule has 0 heterocycles. The second-order valence-electron chi connectivity index (χ2n) is 3.58. The molecule has 0 saturated carbocycles. The van der Waals surface area contributed by atoms with E-state index < -0.39 is 5.60 Å². The molecule has 1 nitrogen and oxygen atoms in total. The number of allylic oxidation sites excluding steroid dienone is 1. The Bertz CT molecular complexity index is 151. The van der Waals surface area contributed by atoms with E-state index in [4.69, 9.17) is 0 Å². The van der Waals surface area contributed by atoms with Gasteiger partial charge in [-0.2, -0.15) is 0 Å². The lowest BCUT2D eigenvalue weighted by atomic mass is 9.80. The molecular weight excluding hydrogens is 136 g/mol. The standard InChI is InChI=1S/C10H18O/c1-3-9-6-5-7-10(11,4-2)8-9/h5-6,9,11H,3-4,7-8H2,1-2H3. The molecule has 2 atom stereocenters. The van der Waals surface area contributed by atoms with Crippen LogP contribution in [-0.2, 0) is 0 Å². The molecule has 0 aromatic heterocycles. The topological polar surface area (TPSA) is 20.2 Å². The summed E-state index contributed by atoms with van der Waals surface area (Å²) in [5.41, 5.74) is -0.393. The van der Waals surface area contributed by atoms with Crippen molar-refractivity contribution in [3.8, 4) is 0 Å². The average molecular weight is 154 g/mol. The van der Waals surface area contributed by atoms with E-state index in [0.717, 1.165) is 25.7 Å². The Labute approximate surface area is 69.1 Å². The molecule has 11 heavy (non-hydrogen) atoms. The highest BCUT2D eigenvalue weighted by molar-refractivity contribution is 5.02. The van der Waals surface area contributed by atoms with Crippen LogP contribution < -0.4 is 0 Å². The SMILES string of the molecule is CCC1C=CCC(O)(CC)C1. The first-order chi connectivity index (χ1) is 5.20. The largest absolute Gasteiger partial charge is 0.390 e.